The molecule has 8 heteroatoms. The van der Waals surface area contributed by atoms with Gasteiger partial charge in [-0.1, -0.05) is 12.1 Å². The van der Waals surface area contributed by atoms with Gasteiger partial charge in [0.1, 0.15) is 6.54 Å². The maximum atomic E-state index is 12.4. The molecule has 124 valence electrons. The Hall–Kier alpha value is -2.06. The van der Waals surface area contributed by atoms with Crippen LogP contribution in [0.15, 0.2) is 29.2 Å². The van der Waals surface area contributed by atoms with Gasteiger partial charge in [0.15, 0.2) is 0 Å². The van der Waals surface area contributed by atoms with E-state index in [0.717, 1.165) is 4.90 Å². The molecule has 1 amide bonds. The first kappa shape index (κ1) is 17.3. The van der Waals surface area contributed by atoms with E-state index >= 15 is 0 Å². The molecule has 0 fully saturated rings. The first-order valence-electron chi connectivity index (χ1n) is 7.18. The van der Waals surface area contributed by atoms with Crippen molar-refractivity contribution in [1.29, 1.82) is 0 Å². The number of benzene rings is 1. The highest BCUT2D eigenvalue weighted by atomic mass is 32.2. The van der Waals surface area contributed by atoms with E-state index in [1.54, 1.807) is 19.1 Å². The van der Waals surface area contributed by atoms with E-state index in [4.69, 9.17) is 9.84 Å². The van der Waals surface area contributed by atoms with E-state index < -0.39 is 5.97 Å². The number of hydrogen-bond acceptors (Lipinski definition) is 6. The minimum Gasteiger partial charge on any atom is -0.480 e. The van der Waals surface area contributed by atoms with Gasteiger partial charge in [0.25, 0.3) is 0 Å². The Bertz CT molecular complexity index is 607. The van der Waals surface area contributed by atoms with Gasteiger partial charge < -0.3 is 9.84 Å². The molecule has 1 aliphatic heterocycles. The monoisotopic (exact) mass is 338 g/mol. The highest BCUT2D eigenvalue weighted by molar-refractivity contribution is 8.00. The fraction of sp³-hybridized carbons (Fsp3) is 0.400. The van der Waals surface area contributed by atoms with Gasteiger partial charge in [-0.25, -0.2) is 0 Å². The quantitative estimate of drug-likeness (QED) is 0.749. The van der Waals surface area contributed by atoms with Crippen LogP contribution in [0, 0.1) is 0 Å². The summed E-state index contributed by atoms with van der Waals surface area (Å²) in [4.78, 5) is 36.9. The van der Waals surface area contributed by atoms with Gasteiger partial charge in [0.05, 0.1) is 30.6 Å². The van der Waals surface area contributed by atoms with Crippen LogP contribution in [-0.2, 0) is 19.1 Å². The van der Waals surface area contributed by atoms with Crippen molar-refractivity contribution in [1.82, 2.24) is 5.32 Å². The number of carbonyl (C=O) groups is 3. The maximum Gasteiger partial charge on any atom is 0.323 e. The van der Waals surface area contributed by atoms with Gasteiger partial charge >= 0.3 is 11.9 Å². The highest BCUT2D eigenvalue weighted by Crippen LogP contribution is 2.36. The fourth-order valence-corrected chi connectivity index (χ4v) is 3.36. The summed E-state index contributed by atoms with van der Waals surface area (Å²) in [6.45, 7) is 1.63. The maximum absolute atomic E-state index is 12.4. The van der Waals surface area contributed by atoms with Crippen LogP contribution in [0.2, 0.25) is 0 Å². The minimum atomic E-state index is -1.07. The van der Waals surface area contributed by atoms with E-state index in [2.05, 4.69) is 5.32 Å². The van der Waals surface area contributed by atoms with Gasteiger partial charge in [0.2, 0.25) is 5.91 Å². The van der Waals surface area contributed by atoms with Crippen molar-refractivity contribution in [2.45, 2.75) is 23.6 Å². The average molecular weight is 338 g/mol. The molecule has 2 N–H and O–H groups in total. The second-order valence-electron chi connectivity index (χ2n) is 4.84. The third-order valence-electron chi connectivity index (χ3n) is 3.16. The molecule has 0 saturated carbocycles. The van der Waals surface area contributed by atoms with Crippen LogP contribution >= 0.6 is 11.8 Å². The molecule has 2 rings (SSSR count). The molecule has 0 aromatic heterocycles. The Kier molecular flexibility index (Phi) is 6.00. The number of amides is 1. The lowest BCUT2D eigenvalue weighted by Gasteiger charge is -2.20. The fourth-order valence-electron chi connectivity index (χ4n) is 2.21. The van der Waals surface area contributed by atoms with Crippen LogP contribution in [0.1, 0.15) is 13.3 Å². The van der Waals surface area contributed by atoms with E-state index in [1.807, 2.05) is 12.1 Å². The smallest absolute Gasteiger partial charge is 0.323 e. The summed E-state index contributed by atoms with van der Waals surface area (Å²) in [6, 6.07) is 7.13. The van der Waals surface area contributed by atoms with Gasteiger partial charge in [0, 0.05) is 4.90 Å². The topological polar surface area (TPSA) is 95.9 Å². The summed E-state index contributed by atoms with van der Waals surface area (Å²) in [5.41, 5.74) is 0.574. The first-order valence-corrected chi connectivity index (χ1v) is 8.06. The number of nitrogens with one attached hydrogen (secondary N) is 1. The van der Waals surface area contributed by atoms with Crippen molar-refractivity contribution < 1.29 is 24.2 Å². The molecule has 1 aliphatic rings. The number of esters is 1. The van der Waals surface area contributed by atoms with E-state index in [1.165, 1.54) is 16.7 Å². The Morgan fingerprint density at radius 3 is 2.87 bits per heavy atom. The second kappa shape index (κ2) is 7.98. The molecule has 1 aromatic carbocycles. The van der Waals surface area contributed by atoms with Crippen LogP contribution in [-0.4, -0.2) is 48.0 Å². The number of thioether (sulfide) groups is 1. The molecule has 0 spiro atoms. The molecular formula is C15H18N2O5S. The molecule has 7 nitrogen and oxygen atoms in total. The van der Waals surface area contributed by atoms with Gasteiger partial charge in [-0.15, -0.1) is 11.8 Å². The summed E-state index contributed by atoms with van der Waals surface area (Å²) >= 11 is 1.40. The van der Waals surface area contributed by atoms with Crippen LogP contribution in [0.4, 0.5) is 5.69 Å². The lowest BCUT2D eigenvalue weighted by Crippen LogP contribution is -2.39. The Labute approximate surface area is 138 Å². The Morgan fingerprint density at radius 2 is 2.17 bits per heavy atom. The largest absolute Gasteiger partial charge is 0.480 e. The molecule has 0 saturated heterocycles. The summed E-state index contributed by atoms with van der Waals surface area (Å²) in [5.74, 6) is -1.76. The molecular weight excluding hydrogens is 320 g/mol. The average Bonchev–Trinajstić information content (AvgIpc) is 2.63. The molecule has 1 heterocycles. The van der Waals surface area contributed by atoms with Gasteiger partial charge in [-0.3, -0.25) is 24.6 Å². The summed E-state index contributed by atoms with van der Waals surface area (Å²) < 4.78 is 4.85. The predicted molar refractivity (Wildman–Crippen MR) is 85.3 cm³/mol. The predicted octanol–water partition coefficient (Wildman–Crippen LogP) is 1.08. The standard InChI is InChI=1S/C15H18N2O5S/c1-2-22-15(21)8-16-12-7-13(18)17(9-14(19)20)10-5-3-4-6-11(10)23-12/h3-6,12,16H,2,7-9H2,1H3,(H,19,20). The number of fused-ring (bicyclic) bond motifs is 1. The van der Waals surface area contributed by atoms with E-state index in [0.29, 0.717) is 12.3 Å². The number of hydrogen-bond donors (Lipinski definition) is 2. The number of anilines is 1. The number of aliphatic carboxylic acids is 1. The summed E-state index contributed by atoms with van der Waals surface area (Å²) in [5, 5.41) is 11.7. The molecule has 1 aromatic rings. The molecule has 23 heavy (non-hydrogen) atoms. The molecule has 1 atom stereocenters. The van der Waals surface area contributed by atoms with Crippen molar-refractivity contribution >= 4 is 35.3 Å². The molecule has 0 aliphatic carbocycles. The van der Waals surface area contributed by atoms with Crippen molar-refractivity contribution in [3.05, 3.63) is 24.3 Å². The van der Waals surface area contributed by atoms with E-state index in [9.17, 15) is 14.4 Å². The second-order valence-corrected chi connectivity index (χ2v) is 6.08. The Balaban J connectivity index is 2.15. The van der Waals surface area contributed by atoms with Crippen LogP contribution in [0.25, 0.3) is 0 Å². The summed E-state index contributed by atoms with van der Waals surface area (Å²) in [7, 11) is 0. The number of nitrogens with zero attached hydrogens (tertiary/aromatic N) is 1. The third-order valence-corrected chi connectivity index (χ3v) is 4.38. The van der Waals surface area contributed by atoms with Crippen molar-refractivity contribution in [2.75, 3.05) is 24.6 Å². The number of para-hydroxylation sites is 1. The zero-order valence-corrected chi connectivity index (χ0v) is 13.5. The lowest BCUT2D eigenvalue weighted by atomic mass is 10.2. The molecule has 0 radical (unpaired) electrons. The number of carboxylic acid groups (broad SMARTS) is 1. The number of rotatable bonds is 6. The Morgan fingerprint density at radius 1 is 1.43 bits per heavy atom. The zero-order valence-electron chi connectivity index (χ0n) is 12.7. The van der Waals surface area contributed by atoms with Gasteiger partial charge in [-0.05, 0) is 19.1 Å². The van der Waals surface area contributed by atoms with Crippen LogP contribution < -0.4 is 10.2 Å². The zero-order chi connectivity index (χ0) is 16.8. The van der Waals surface area contributed by atoms with Crippen LogP contribution in [0.5, 0.6) is 0 Å². The normalized spacial score (nSPS) is 17.3. The summed E-state index contributed by atoms with van der Waals surface area (Å²) in [6.07, 6.45) is 0.0893. The lowest BCUT2D eigenvalue weighted by molar-refractivity contribution is -0.142. The van der Waals surface area contributed by atoms with Crippen molar-refractivity contribution in [3.8, 4) is 0 Å². The first-order chi connectivity index (χ1) is 11.0. The molecule has 0 bridgehead atoms. The highest BCUT2D eigenvalue weighted by Gasteiger charge is 2.29. The third kappa shape index (κ3) is 4.70. The van der Waals surface area contributed by atoms with E-state index in [-0.39, 0.29) is 36.8 Å². The minimum absolute atomic E-state index is 0.000115. The number of ether oxygens (including phenoxy) is 1. The molecule has 1 unspecified atom stereocenters. The van der Waals surface area contributed by atoms with Crippen molar-refractivity contribution in [3.63, 3.8) is 0 Å². The number of carbonyl (C=O) groups excluding carboxylic acids is 2. The van der Waals surface area contributed by atoms with Crippen molar-refractivity contribution in [2.24, 2.45) is 0 Å². The van der Waals surface area contributed by atoms with Crippen LogP contribution in [0.3, 0.4) is 0 Å². The number of carboxylic acids is 1. The van der Waals surface area contributed by atoms with Gasteiger partial charge in [-0.2, -0.15) is 0 Å². The SMILES string of the molecule is CCOC(=O)CNC1CC(=O)N(CC(=O)O)c2ccccc2S1.